The molecule has 0 aliphatic rings. The van der Waals surface area contributed by atoms with Crippen LogP contribution in [-0.2, 0) is 6.54 Å². The number of carbonyl (C=O) groups is 1. The summed E-state index contributed by atoms with van der Waals surface area (Å²) in [5, 5.41) is 4.11. The highest BCUT2D eigenvalue weighted by atomic mass is 35.5. The molecule has 0 aliphatic heterocycles. The molecule has 7 heteroatoms. The lowest BCUT2D eigenvalue weighted by molar-refractivity contribution is 0.102. The standard InChI is InChI=1S/C22H18Cl2N4O/c1-13-19(27-22(29)16-6-4-8-18(24)10-16)11-20-21(25-13)28(14(2)26-20)12-15-5-3-7-17(23)9-15/h3-11H,12H2,1-2H3,(H,27,29). The Bertz CT molecular complexity index is 1230. The molecule has 4 aromatic rings. The number of nitrogens with zero attached hydrogens (tertiary/aromatic N) is 3. The van der Waals surface area contributed by atoms with E-state index < -0.39 is 0 Å². The number of nitrogens with one attached hydrogen (secondary N) is 1. The number of pyridine rings is 1. The number of carbonyl (C=O) groups excluding carboxylic acids is 1. The maximum absolute atomic E-state index is 12.6. The highest BCUT2D eigenvalue weighted by molar-refractivity contribution is 6.31. The van der Waals surface area contributed by atoms with E-state index >= 15 is 0 Å². The molecule has 0 saturated carbocycles. The predicted octanol–water partition coefficient (Wildman–Crippen LogP) is 5.66. The Balaban J connectivity index is 1.66. The number of halogens is 2. The fourth-order valence-corrected chi connectivity index (χ4v) is 3.61. The monoisotopic (exact) mass is 424 g/mol. The van der Waals surface area contributed by atoms with E-state index in [0.29, 0.717) is 33.5 Å². The first-order valence-corrected chi connectivity index (χ1v) is 9.82. The molecule has 2 aromatic heterocycles. The highest BCUT2D eigenvalue weighted by Gasteiger charge is 2.15. The van der Waals surface area contributed by atoms with Gasteiger partial charge in [-0.15, -0.1) is 0 Å². The van der Waals surface area contributed by atoms with Gasteiger partial charge in [0.05, 0.1) is 17.9 Å². The van der Waals surface area contributed by atoms with Crippen molar-refractivity contribution in [2.75, 3.05) is 5.32 Å². The van der Waals surface area contributed by atoms with Gasteiger partial charge in [-0.2, -0.15) is 0 Å². The van der Waals surface area contributed by atoms with E-state index in [1.807, 2.05) is 48.7 Å². The number of anilines is 1. The van der Waals surface area contributed by atoms with Gasteiger partial charge < -0.3 is 9.88 Å². The number of imidazole rings is 1. The fourth-order valence-electron chi connectivity index (χ4n) is 3.21. The molecular formula is C22H18Cl2N4O. The topological polar surface area (TPSA) is 59.8 Å². The Labute approximate surface area is 178 Å². The third kappa shape index (κ3) is 4.11. The number of aryl methyl sites for hydroxylation is 2. The van der Waals surface area contributed by atoms with Gasteiger partial charge >= 0.3 is 0 Å². The van der Waals surface area contributed by atoms with Crippen molar-refractivity contribution in [2.45, 2.75) is 20.4 Å². The van der Waals surface area contributed by atoms with Crippen molar-refractivity contribution in [1.29, 1.82) is 0 Å². The SMILES string of the molecule is Cc1nc2c(cc1NC(=O)c1cccc(Cl)c1)nc(C)n2Cc1cccc(Cl)c1. The van der Waals surface area contributed by atoms with E-state index in [1.54, 1.807) is 24.3 Å². The van der Waals surface area contributed by atoms with Crippen LogP contribution >= 0.6 is 23.2 Å². The first-order chi connectivity index (χ1) is 13.9. The number of rotatable bonds is 4. The third-order valence-electron chi connectivity index (χ3n) is 4.67. The van der Waals surface area contributed by atoms with Crippen LogP contribution in [0.5, 0.6) is 0 Å². The zero-order valence-electron chi connectivity index (χ0n) is 15.9. The molecule has 5 nitrogen and oxygen atoms in total. The molecule has 0 saturated heterocycles. The second kappa shape index (κ2) is 7.85. The number of amides is 1. The molecule has 0 unspecified atom stereocenters. The Morgan fingerprint density at radius 1 is 1.00 bits per heavy atom. The molecule has 0 spiro atoms. The second-order valence-corrected chi connectivity index (χ2v) is 7.68. The third-order valence-corrected chi connectivity index (χ3v) is 5.14. The summed E-state index contributed by atoms with van der Waals surface area (Å²) in [5.41, 5.74) is 4.37. The summed E-state index contributed by atoms with van der Waals surface area (Å²) >= 11 is 12.1. The van der Waals surface area contributed by atoms with Crippen LogP contribution in [0.15, 0.2) is 54.6 Å². The molecule has 4 rings (SSSR count). The van der Waals surface area contributed by atoms with Gasteiger partial charge in [0.25, 0.3) is 5.91 Å². The molecule has 0 fully saturated rings. The van der Waals surface area contributed by atoms with Gasteiger partial charge in [0.1, 0.15) is 11.3 Å². The first-order valence-electron chi connectivity index (χ1n) is 9.06. The Morgan fingerprint density at radius 2 is 1.72 bits per heavy atom. The normalized spacial score (nSPS) is 11.0. The van der Waals surface area contributed by atoms with Crippen molar-refractivity contribution >= 4 is 46.0 Å². The van der Waals surface area contributed by atoms with Crippen LogP contribution in [0.25, 0.3) is 11.2 Å². The Morgan fingerprint density at radius 3 is 2.45 bits per heavy atom. The lowest BCUT2D eigenvalue weighted by Crippen LogP contribution is -2.13. The zero-order chi connectivity index (χ0) is 20.5. The molecule has 0 aliphatic carbocycles. The van der Waals surface area contributed by atoms with Crippen LogP contribution < -0.4 is 5.32 Å². The maximum atomic E-state index is 12.6. The fraction of sp³-hybridized carbons (Fsp3) is 0.136. The van der Waals surface area contributed by atoms with Gasteiger partial charge in [-0.1, -0.05) is 41.4 Å². The minimum Gasteiger partial charge on any atom is -0.320 e. The van der Waals surface area contributed by atoms with Gasteiger partial charge in [-0.25, -0.2) is 9.97 Å². The van der Waals surface area contributed by atoms with E-state index in [2.05, 4.69) is 10.3 Å². The summed E-state index contributed by atoms with van der Waals surface area (Å²) < 4.78 is 2.04. The van der Waals surface area contributed by atoms with E-state index in [9.17, 15) is 4.79 Å². The van der Waals surface area contributed by atoms with E-state index in [0.717, 1.165) is 22.6 Å². The predicted molar refractivity (Wildman–Crippen MR) is 117 cm³/mol. The van der Waals surface area contributed by atoms with Crippen molar-refractivity contribution in [3.63, 3.8) is 0 Å². The number of aromatic nitrogens is 3. The maximum Gasteiger partial charge on any atom is 0.255 e. The largest absolute Gasteiger partial charge is 0.320 e. The van der Waals surface area contributed by atoms with Crippen LogP contribution in [0, 0.1) is 13.8 Å². The van der Waals surface area contributed by atoms with Gasteiger partial charge in [0, 0.05) is 15.6 Å². The summed E-state index contributed by atoms with van der Waals surface area (Å²) in [7, 11) is 0. The molecule has 146 valence electrons. The van der Waals surface area contributed by atoms with E-state index in [4.69, 9.17) is 28.2 Å². The van der Waals surface area contributed by atoms with Crippen molar-refractivity contribution < 1.29 is 4.79 Å². The molecule has 1 amide bonds. The lowest BCUT2D eigenvalue weighted by atomic mass is 10.2. The summed E-state index contributed by atoms with van der Waals surface area (Å²) in [5.74, 6) is 0.594. The van der Waals surface area contributed by atoms with Crippen LogP contribution in [0.4, 0.5) is 5.69 Å². The molecule has 0 radical (unpaired) electrons. The van der Waals surface area contributed by atoms with E-state index in [-0.39, 0.29) is 5.91 Å². The molecule has 2 heterocycles. The van der Waals surface area contributed by atoms with Crippen LogP contribution in [0.2, 0.25) is 10.0 Å². The van der Waals surface area contributed by atoms with Crippen molar-refractivity contribution in [2.24, 2.45) is 0 Å². The summed E-state index contributed by atoms with van der Waals surface area (Å²) in [6.45, 7) is 4.41. The number of hydrogen-bond donors (Lipinski definition) is 1. The van der Waals surface area contributed by atoms with Crippen LogP contribution in [0.1, 0.15) is 27.4 Å². The minimum absolute atomic E-state index is 0.244. The quantitative estimate of drug-likeness (QED) is 0.459. The Hall–Kier alpha value is -2.89. The molecule has 2 aromatic carbocycles. The van der Waals surface area contributed by atoms with Crippen molar-refractivity contribution in [3.05, 3.63) is 87.3 Å². The second-order valence-electron chi connectivity index (χ2n) is 6.80. The summed E-state index contributed by atoms with van der Waals surface area (Å²) in [6, 6.07) is 16.4. The lowest BCUT2D eigenvalue weighted by Gasteiger charge is -2.10. The molecular weight excluding hydrogens is 407 g/mol. The van der Waals surface area contributed by atoms with Gasteiger partial charge in [0.2, 0.25) is 0 Å². The average Bonchev–Trinajstić information content (AvgIpc) is 2.96. The minimum atomic E-state index is -0.244. The van der Waals surface area contributed by atoms with E-state index in [1.165, 1.54) is 0 Å². The molecule has 29 heavy (non-hydrogen) atoms. The average molecular weight is 425 g/mol. The van der Waals surface area contributed by atoms with Crippen LogP contribution in [-0.4, -0.2) is 20.4 Å². The molecule has 0 bridgehead atoms. The number of fused-ring (bicyclic) bond motifs is 1. The Kier molecular flexibility index (Phi) is 5.26. The number of hydrogen-bond acceptors (Lipinski definition) is 3. The smallest absolute Gasteiger partial charge is 0.255 e. The summed E-state index contributed by atoms with van der Waals surface area (Å²) in [6.07, 6.45) is 0. The highest BCUT2D eigenvalue weighted by Crippen LogP contribution is 2.24. The summed E-state index contributed by atoms with van der Waals surface area (Å²) in [4.78, 5) is 21.9. The molecule has 1 N–H and O–H groups in total. The van der Waals surface area contributed by atoms with Gasteiger partial charge in [-0.05, 0) is 55.8 Å². The van der Waals surface area contributed by atoms with Crippen LogP contribution in [0.3, 0.4) is 0 Å². The first kappa shape index (κ1) is 19.4. The van der Waals surface area contributed by atoms with Gasteiger partial charge in [-0.3, -0.25) is 4.79 Å². The van der Waals surface area contributed by atoms with Crippen molar-refractivity contribution in [1.82, 2.24) is 14.5 Å². The zero-order valence-corrected chi connectivity index (χ0v) is 17.4. The van der Waals surface area contributed by atoms with Gasteiger partial charge in [0.15, 0.2) is 5.65 Å². The number of benzene rings is 2. The van der Waals surface area contributed by atoms with Crippen molar-refractivity contribution in [3.8, 4) is 0 Å². The molecule has 0 atom stereocenters.